The molecule has 0 aromatic heterocycles. The predicted molar refractivity (Wildman–Crippen MR) is 86.7 cm³/mol. The van der Waals surface area contributed by atoms with Gasteiger partial charge < -0.3 is 15.4 Å². The topological polar surface area (TPSA) is 50.4 Å². The van der Waals surface area contributed by atoms with Crippen molar-refractivity contribution < 1.29 is 9.53 Å². The number of hydrogen-bond donors (Lipinski definition) is 2. The zero-order valence-corrected chi connectivity index (χ0v) is 13.9. The van der Waals surface area contributed by atoms with Gasteiger partial charge in [0.1, 0.15) is 5.75 Å². The number of aryl methyl sites for hydroxylation is 2. The molecule has 0 fully saturated rings. The SMILES string of the molecule is CCCNC(=O)C(C)Oc1c(C)cc(CNCC)cc1C. The summed E-state index contributed by atoms with van der Waals surface area (Å²) in [5.41, 5.74) is 3.37. The monoisotopic (exact) mass is 292 g/mol. The van der Waals surface area contributed by atoms with Crippen molar-refractivity contribution in [3.63, 3.8) is 0 Å². The lowest BCUT2D eigenvalue weighted by molar-refractivity contribution is -0.127. The molecule has 1 amide bonds. The Morgan fingerprint density at radius 3 is 2.38 bits per heavy atom. The first-order valence-corrected chi connectivity index (χ1v) is 7.74. The molecule has 2 N–H and O–H groups in total. The molecule has 4 nitrogen and oxygen atoms in total. The molecule has 1 rings (SSSR count). The second-order valence-corrected chi connectivity index (χ2v) is 5.39. The Hall–Kier alpha value is -1.55. The zero-order chi connectivity index (χ0) is 15.8. The molecule has 1 aromatic carbocycles. The summed E-state index contributed by atoms with van der Waals surface area (Å²) < 4.78 is 5.86. The van der Waals surface area contributed by atoms with E-state index < -0.39 is 6.10 Å². The molecule has 21 heavy (non-hydrogen) atoms. The molecule has 1 unspecified atom stereocenters. The molecule has 0 saturated carbocycles. The minimum atomic E-state index is -0.478. The summed E-state index contributed by atoms with van der Waals surface area (Å²) in [7, 11) is 0. The molecule has 0 heterocycles. The van der Waals surface area contributed by atoms with Gasteiger partial charge in [0.15, 0.2) is 6.10 Å². The summed E-state index contributed by atoms with van der Waals surface area (Å²) in [6.07, 6.45) is 0.448. The first-order valence-electron chi connectivity index (χ1n) is 7.74. The summed E-state index contributed by atoms with van der Waals surface area (Å²) in [6, 6.07) is 4.23. The summed E-state index contributed by atoms with van der Waals surface area (Å²) in [6.45, 7) is 12.4. The van der Waals surface area contributed by atoms with Crippen LogP contribution >= 0.6 is 0 Å². The molecule has 1 aromatic rings. The van der Waals surface area contributed by atoms with Gasteiger partial charge in [0.2, 0.25) is 0 Å². The largest absolute Gasteiger partial charge is 0.480 e. The molecule has 0 bridgehead atoms. The maximum atomic E-state index is 11.9. The van der Waals surface area contributed by atoms with Crippen molar-refractivity contribution in [2.24, 2.45) is 0 Å². The number of nitrogens with one attached hydrogen (secondary N) is 2. The van der Waals surface area contributed by atoms with E-state index in [1.807, 2.05) is 20.8 Å². The minimum absolute atomic E-state index is 0.0626. The fourth-order valence-corrected chi connectivity index (χ4v) is 2.22. The molecule has 118 valence electrons. The lowest BCUT2D eigenvalue weighted by Crippen LogP contribution is -2.36. The van der Waals surface area contributed by atoms with Crippen LogP contribution in [-0.4, -0.2) is 25.1 Å². The van der Waals surface area contributed by atoms with Crippen molar-refractivity contribution in [2.75, 3.05) is 13.1 Å². The number of rotatable bonds is 8. The molecule has 0 spiro atoms. The van der Waals surface area contributed by atoms with Crippen molar-refractivity contribution in [1.82, 2.24) is 10.6 Å². The number of hydrogen-bond acceptors (Lipinski definition) is 3. The van der Waals surface area contributed by atoms with E-state index in [2.05, 4.69) is 29.7 Å². The molecule has 0 aliphatic rings. The van der Waals surface area contributed by atoms with Crippen molar-refractivity contribution in [1.29, 1.82) is 0 Å². The van der Waals surface area contributed by atoms with Crippen molar-refractivity contribution in [3.8, 4) is 5.75 Å². The third-order valence-corrected chi connectivity index (χ3v) is 3.31. The Balaban J connectivity index is 2.76. The Kier molecular flexibility index (Phi) is 7.23. The zero-order valence-electron chi connectivity index (χ0n) is 13.9. The highest BCUT2D eigenvalue weighted by Crippen LogP contribution is 2.26. The first-order chi connectivity index (χ1) is 9.99. The molecular weight excluding hydrogens is 264 g/mol. The van der Waals surface area contributed by atoms with Gasteiger partial charge in [-0.1, -0.05) is 26.0 Å². The number of carbonyl (C=O) groups excluding carboxylic acids is 1. The van der Waals surface area contributed by atoms with E-state index in [4.69, 9.17) is 4.74 Å². The van der Waals surface area contributed by atoms with E-state index in [1.165, 1.54) is 5.56 Å². The van der Waals surface area contributed by atoms with Gasteiger partial charge >= 0.3 is 0 Å². The van der Waals surface area contributed by atoms with Crippen LogP contribution in [0.2, 0.25) is 0 Å². The summed E-state index contributed by atoms with van der Waals surface area (Å²) >= 11 is 0. The van der Waals surface area contributed by atoms with Gasteiger partial charge in [-0.05, 0) is 50.4 Å². The number of amides is 1. The average molecular weight is 292 g/mol. The van der Waals surface area contributed by atoms with Crippen LogP contribution in [0.4, 0.5) is 0 Å². The van der Waals surface area contributed by atoms with Crippen LogP contribution in [0.5, 0.6) is 5.75 Å². The Bertz CT molecular complexity index is 449. The Morgan fingerprint density at radius 1 is 1.24 bits per heavy atom. The van der Waals surface area contributed by atoms with Crippen LogP contribution in [0.3, 0.4) is 0 Å². The van der Waals surface area contributed by atoms with E-state index in [-0.39, 0.29) is 5.91 Å². The maximum Gasteiger partial charge on any atom is 0.260 e. The highest BCUT2D eigenvalue weighted by molar-refractivity contribution is 5.80. The van der Waals surface area contributed by atoms with Crippen LogP contribution < -0.4 is 15.4 Å². The summed E-state index contributed by atoms with van der Waals surface area (Å²) in [5.74, 6) is 0.752. The van der Waals surface area contributed by atoms with Gasteiger partial charge in [-0.25, -0.2) is 0 Å². The summed E-state index contributed by atoms with van der Waals surface area (Å²) in [5, 5.41) is 6.17. The average Bonchev–Trinajstić information content (AvgIpc) is 2.45. The molecule has 4 heteroatoms. The normalized spacial score (nSPS) is 12.0. The van der Waals surface area contributed by atoms with Gasteiger partial charge in [0.05, 0.1) is 0 Å². The van der Waals surface area contributed by atoms with E-state index in [0.29, 0.717) is 6.54 Å². The maximum absolute atomic E-state index is 11.9. The lowest BCUT2D eigenvalue weighted by Gasteiger charge is -2.19. The number of carbonyl (C=O) groups is 1. The van der Waals surface area contributed by atoms with E-state index >= 15 is 0 Å². The Labute approximate surface area is 128 Å². The van der Waals surface area contributed by atoms with Crippen molar-refractivity contribution in [2.45, 2.75) is 53.7 Å². The van der Waals surface area contributed by atoms with Crippen LogP contribution in [-0.2, 0) is 11.3 Å². The van der Waals surface area contributed by atoms with E-state index in [0.717, 1.165) is 36.4 Å². The van der Waals surface area contributed by atoms with Crippen LogP contribution in [0, 0.1) is 13.8 Å². The quantitative estimate of drug-likeness (QED) is 0.774. The molecule has 0 saturated heterocycles. The van der Waals surface area contributed by atoms with Gasteiger partial charge in [0, 0.05) is 13.1 Å². The fourth-order valence-electron chi connectivity index (χ4n) is 2.22. The highest BCUT2D eigenvalue weighted by Gasteiger charge is 2.16. The van der Waals surface area contributed by atoms with Crippen LogP contribution in [0.15, 0.2) is 12.1 Å². The standard InChI is InChI=1S/C17H28N2O2/c1-6-8-19-17(20)14(5)21-16-12(3)9-15(10-13(16)4)11-18-7-2/h9-10,14,18H,6-8,11H2,1-5H3,(H,19,20). The van der Waals surface area contributed by atoms with Crippen LogP contribution in [0.1, 0.15) is 43.9 Å². The molecule has 0 aliphatic heterocycles. The Morgan fingerprint density at radius 2 is 1.86 bits per heavy atom. The van der Waals surface area contributed by atoms with Crippen molar-refractivity contribution in [3.05, 3.63) is 28.8 Å². The summed E-state index contributed by atoms with van der Waals surface area (Å²) in [4.78, 5) is 11.9. The van der Waals surface area contributed by atoms with Gasteiger partial charge in [-0.2, -0.15) is 0 Å². The lowest BCUT2D eigenvalue weighted by atomic mass is 10.1. The highest BCUT2D eigenvalue weighted by atomic mass is 16.5. The molecule has 0 aliphatic carbocycles. The van der Waals surface area contributed by atoms with Crippen molar-refractivity contribution >= 4 is 5.91 Å². The van der Waals surface area contributed by atoms with Crippen LogP contribution in [0.25, 0.3) is 0 Å². The van der Waals surface area contributed by atoms with Gasteiger partial charge in [-0.15, -0.1) is 0 Å². The minimum Gasteiger partial charge on any atom is -0.480 e. The smallest absolute Gasteiger partial charge is 0.260 e. The molecular formula is C17H28N2O2. The number of benzene rings is 1. The molecule has 1 atom stereocenters. The first kappa shape index (κ1) is 17.5. The molecule has 0 radical (unpaired) electrons. The third kappa shape index (κ3) is 5.38. The number of ether oxygens (including phenoxy) is 1. The van der Waals surface area contributed by atoms with E-state index in [9.17, 15) is 4.79 Å². The van der Waals surface area contributed by atoms with Gasteiger partial charge in [-0.3, -0.25) is 4.79 Å². The second-order valence-electron chi connectivity index (χ2n) is 5.39. The predicted octanol–water partition coefficient (Wildman–Crippen LogP) is 2.71. The van der Waals surface area contributed by atoms with E-state index in [1.54, 1.807) is 6.92 Å². The van der Waals surface area contributed by atoms with Gasteiger partial charge in [0.25, 0.3) is 5.91 Å². The third-order valence-electron chi connectivity index (χ3n) is 3.31. The fraction of sp³-hybridized carbons (Fsp3) is 0.588. The second kappa shape index (κ2) is 8.67.